The molecule has 0 aromatic carbocycles. The van der Waals surface area contributed by atoms with E-state index in [0.717, 1.165) is 43.8 Å². The van der Waals surface area contributed by atoms with E-state index in [1.54, 1.807) is 13.2 Å². The van der Waals surface area contributed by atoms with Crippen LogP contribution in [-0.4, -0.2) is 96.9 Å². The molecule has 0 unspecified atom stereocenters. The highest BCUT2D eigenvalue weighted by Gasteiger charge is 2.28. The van der Waals surface area contributed by atoms with Crippen LogP contribution in [0.2, 0.25) is 0 Å². The van der Waals surface area contributed by atoms with Crippen molar-refractivity contribution in [2.45, 2.75) is 32.7 Å². The number of nitrogens with one attached hydrogen (secondary N) is 2. The minimum atomic E-state index is -0.568. The number of likely N-dealkylation sites (N-methyl/N-ethyl adjacent to an activating group) is 1. The van der Waals surface area contributed by atoms with Gasteiger partial charge in [0.2, 0.25) is 6.29 Å². The number of anilines is 2. The van der Waals surface area contributed by atoms with E-state index in [-0.39, 0.29) is 11.9 Å². The number of hydrogen-bond acceptors (Lipinski definition) is 10. The molecule has 0 radical (unpaired) electrons. The molecule has 2 aliphatic rings. The first-order valence-corrected chi connectivity index (χ1v) is 14.0. The van der Waals surface area contributed by atoms with Gasteiger partial charge >= 0.3 is 0 Å². The summed E-state index contributed by atoms with van der Waals surface area (Å²) < 4.78 is 18.9. The molecular weight excluding hydrogens is 524 g/mol. The van der Waals surface area contributed by atoms with Crippen molar-refractivity contribution >= 4 is 28.4 Å². The number of pyridine rings is 2. The molecular formula is C29H38N8O4. The van der Waals surface area contributed by atoms with Gasteiger partial charge in [-0.05, 0) is 32.5 Å². The van der Waals surface area contributed by atoms with Gasteiger partial charge in [-0.25, -0.2) is 9.97 Å². The summed E-state index contributed by atoms with van der Waals surface area (Å²) in [6.45, 7) is 10.9. The zero-order valence-electron chi connectivity index (χ0n) is 24.1. The fraction of sp³-hybridized carbons (Fsp3) is 0.517. The zero-order chi connectivity index (χ0) is 28.9. The molecule has 0 aliphatic carbocycles. The second kappa shape index (κ2) is 12.9. The number of carbonyl (C=O) groups excluding carboxylic acids is 1. The number of aromatic nitrogens is 3. The van der Waals surface area contributed by atoms with Crippen LogP contribution in [0.1, 0.15) is 53.4 Å². The Hall–Kier alpha value is -3.60. The molecule has 12 nitrogen and oxygen atoms in total. The molecule has 2 saturated heterocycles. The van der Waals surface area contributed by atoms with Crippen LogP contribution in [0.25, 0.3) is 11.0 Å². The summed E-state index contributed by atoms with van der Waals surface area (Å²) in [6, 6.07) is 6.01. The van der Waals surface area contributed by atoms with Crippen molar-refractivity contribution < 1.29 is 19.0 Å². The van der Waals surface area contributed by atoms with Crippen LogP contribution < -0.4 is 10.6 Å². The molecule has 3 aromatic rings. The Morgan fingerprint density at radius 1 is 1.22 bits per heavy atom. The monoisotopic (exact) mass is 562 g/mol. The zero-order valence-corrected chi connectivity index (χ0v) is 24.1. The molecule has 41 heavy (non-hydrogen) atoms. The van der Waals surface area contributed by atoms with E-state index >= 15 is 0 Å². The standard InChI is InChI=1S/C29H38N8O4/c1-19(2)37-18-22(28(38)33-25-14-23(31-5-10-39-4)21(15-30)16-32-25)27-24(37)13-20(17-36-8-6-35(3)7-9-36)26(34-27)29-40-11-12-41-29/h13-14,16,18-19,29H,5-12,17H2,1-4H3,(H2,31,32,33,38). The third-order valence-corrected chi connectivity index (χ3v) is 7.44. The van der Waals surface area contributed by atoms with Crippen LogP contribution in [-0.2, 0) is 20.8 Å². The number of hydrogen-bond donors (Lipinski definition) is 2. The van der Waals surface area contributed by atoms with E-state index in [2.05, 4.69) is 63.0 Å². The first-order valence-electron chi connectivity index (χ1n) is 14.0. The van der Waals surface area contributed by atoms with Gasteiger partial charge in [-0.1, -0.05) is 0 Å². The minimum Gasteiger partial charge on any atom is -0.383 e. The fourth-order valence-corrected chi connectivity index (χ4v) is 5.14. The molecule has 0 spiro atoms. The average molecular weight is 563 g/mol. The lowest BCUT2D eigenvalue weighted by molar-refractivity contribution is -0.0481. The molecule has 0 bridgehead atoms. The van der Waals surface area contributed by atoms with Crippen molar-refractivity contribution in [3.05, 3.63) is 46.9 Å². The van der Waals surface area contributed by atoms with Gasteiger partial charge in [0.25, 0.3) is 5.91 Å². The van der Waals surface area contributed by atoms with Gasteiger partial charge in [-0.15, -0.1) is 0 Å². The Balaban J connectivity index is 1.49. The van der Waals surface area contributed by atoms with E-state index in [9.17, 15) is 10.1 Å². The Bertz CT molecular complexity index is 1420. The maximum Gasteiger partial charge on any atom is 0.260 e. The molecule has 2 N–H and O–H groups in total. The third-order valence-electron chi connectivity index (χ3n) is 7.44. The lowest BCUT2D eigenvalue weighted by Gasteiger charge is -2.32. The van der Waals surface area contributed by atoms with Crippen LogP contribution in [0.5, 0.6) is 0 Å². The number of piperazine rings is 1. The van der Waals surface area contributed by atoms with Gasteiger partial charge in [0.15, 0.2) is 0 Å². The topological polar surface area (TPSA) is 130 Å². The van der Waals surface area contributed by atoms with Gasteiger partial charge in [0, 0.05) is 70.9 Å². The summed E-state index contributed by atoms with van der Waals surface area (Å²) in [5.74, 6) is -0.0123. The summed E-state index contributed by atoms with van der Waals surface area (Å²) in [5.41, 5.74) is 4.60. The number of amides is 1. The Morgan fingerprint density at radius 3 is 2.66 bits per heavy atom. The highest BCUT2D eigenvalue weighted by molar-refractivity contribution is 6.11. The fourth-order valence-electron chi connectivity index (χ4n) is 5.14. The van der Waals surface area contributed by atoms with Gasteiger partial charge in [-0.3, -0.25) is 9.69 Å². The minimum absolute atomic E-state index is 0.104. The molecule has 218 valence electrons. The van der Waals surface area contributed by atoms with E-state index < -0.39 is 6.29 Å². The number of rotatable bonds is 10. The molecule has 12 heteroatoms. The lowest BCUT2D eigenvalue weighted by Crippen LogP contribution is -2.44. The number of fused-ring (bicyclic) bond motifs is 1. The van der Waals surface area contributed by atoms with Crippen molar-refractivity contribution in [2.75, 3.05) is 77.3 Å². The third kappa shape index (κ3) is 6.50. The number of carbonyl (C=O) groups is 1. The lowest BCUT2D eigenvalue weighted by atomic mass is 10.1. The predicted octanol–water partition coefficient (Wildman–Crippen LogP) is 2.99. The van der Waals surface area contributed by atoms with Crippen molar-refractivity contribution in [3.63, 3.8) is 0 Å². The first kappa shape index (κ1) is 28.9. The summed E-state index contributed by atoms with van der Waals surface area (Å²) >= 11 is 0. The van der Waals surface area contributed by atoms with Gasteiger partial charge < -0.3 is 34.3 Å². The van der Waals surface area contributed by atoms with Gasteiger partial charge in [0.05, 0.1) is 42.2 Å². The summed E-state index contributed by atoms with van der Waals surface area (Å²) in [5, 5.41) is 15.5. The van der Waals surface area contributed by atoms with Crippen LogP contribution in [0.4, 0.5) is 11.5 Å². The number of nitriles is 1. The predicted molar refractivity (Wildman–Crippen MR) is 155 cm³/mol. The molecule has 1 amide bonds. The van der Waals surface area contributed by atoms with E-state index in [0.29, 0.717) is 60.2 Å². The Labute approximate surface area is 240 Å². The SMILES string of the molecule is COCCNc1cc(NC(=O)c2cn(C(C)C)c3cc(CN4CCN(C)CC4)c(C4OCCO4)nc23)ncc1C#N. The number of methoxy groups -OCH3 is 1. The van der Waals surface area contributed by atoms with Crippen molar-refractivity contribution in [1.82, 2.24) is 24.3 Å². The second-order valence-corrected chi connectivity index (χ2v) is 10.7. The molecule has 3 aromatic heterocycles. The Morgan fingerprint density at radius 2 is 1.98 bits per heavy atom. The summed E-state index contributed by atoms with van der Waals surface area (Å²) in [4.78, 5) is 27.8. The molecule has 0 atom stereocenters. The normalized spacial score (nSPS) is 16.9. The molecule has 2 fully saturated rings. The van der Waals surface area contributed by atoms with Crippen LogP contribution >= 0.6 is 0 Å². The van der Waals surface area contributed by atoms with Crippen molar-refractivity contribution in [3.8, 4) is 6.07 Å². The van der Waals surface area contributed by atoms with Crippen molar-refractivity contribution in [1.29, 1.82) is 5.26 Å². The number of nitrogens with zero attached hydrogens (tertiary/aromatic N) is 6. The van der Waals surface area contributed by atoms with Crippen LogP contribution in [0, 0.1) is 11.3 Å². The van der Waals surface area contributed by atoms with E-state index in [4.69, 9.17) is 19.2 Å². The van der Waals surface area contributed by atoms with Crippen LogP contribution in [0.15, 0.2) is 24.5 Å². The summed E-state index contributed by atoms with van der Waals surface area (Å²) in [6.07, 6.45) is 2.72. The highest BCUT2D eigenvalue weighted by atomic mass is 16.7. The Kier molecular flexibility index (Phi) is 9.12. The molecule has 5 rings (SSSR count). The largest absolute Gasteiger partial charge is 0.383 e. The second-order valence-electron chi connectivity index (χ2n) is 10.7. The number of ether oxygens (including phenoxy) is 3. The first-order chi connectivity index (χ1) is 19.9. The quantitative estimate of drug-likeness (QED) is 0.356. The maximum atomic E-state index is 13.7. The molecule has 2 aliphatic heterocycles. The molecule has 5 heterocycles. The van der Waals surface area contributed by atoms with Gasteiger partial charge in [-0.2, -0.15) is 5.26 Å². The van der Waals surface area contributed by atoms with E-state index in [1.165, 1.54) is 6.20 Å². The van der Waals surface area contributed by atoms with Crippen LogP contribution in [0.3, 0.4) is 0 Å². The van der Waals surface area contributed by atoms with E-state index in [1.807, 2.05) is 6.20 Å². The summed E-state index contributed by atoms with van der Waals surface area (Å²) in [7, 11) is 3.75. The maximum absolute atomic E-state index is 13.7. The highest BCUT2D eigenvalue weighted by Crippen LogP contribution is 2.32. The average Bonchev–Trinajstić information content (AvgIpc) is 3.63. The smallest absolute Gasteiger partial charge is 0.260 e. The van der Waals surface area contributed by atoms with Crippen molar-refractivity contribution in [2.24, 2.45) is 0 Å². The van der Waals surface area contributed by atoms with Gasteiger partial charge in [0.1, 0.15) is 23.1 Å². The molecule has 0 saturated carbocycles.